The molecule has 1 saturated heterocycles. The molecular weight excluding hydrogens is 143 g/mol. The molecule has 10 heavy (non-hydrogen) atoms. The summed E-state index contributed by atoms with van der Waals surface area (Å²) in [4.78, 5) is 2.39. The third-order valence-electron chi connectivity index (χ3n) is 1.58. The molecule has 0 radical (unpaired) electrons. The average molecular weight is 159 g/mol. The zero-order valence-electron chi connectivity index (χ0n) is 6.21. The minimum atomic E-state index is 0. The predicted molar refractivity (Wildman–Crippen MR) is 38.9 cm³/mol. The molecular formula is C6H16F3N. The zero-order chi connectivity index (χ0) is 5.11. The summed E-state index contributed by atoms with van der Waals surface area (Å²) in [6, 6.07) is 0. The highest BCUT2D eigenvalue weighted by Crippen LogP contribution is 2.04. The molecule has 1 heterocycles. The molecule has 0 aromatic rings. The van der Waals surface area contributed by atoms with Crippen molar-refractivity contribution >= 4 is 0 Å². The van der Waals surface area contributed by atoms with E-state index in [1.54, 1.807) is 0 Å². The SMILES string of the molecule is CN1CCCCC1.F.F.F. The maximum Gasteiger partial charge on any atom is -0.00218 e. The molecule has 1 fully saturated rings. The lowest BCUT2D eigenvalue weighted by Gasteiger charge is -2.20. The molecule has 0 N–H and O–H groups in total. The summed E-state index contributed by atoms with van der Waals surface area (Å²) < 4.78 is 0. The summed E-state index contributed by atoms with van der Waals surface area (Å²) in [5.41, 5.74) is 0. The molecule has 4 heteroatoms. The molecule has 0 atom stereocenters. The van der Waals surface area contributed by atoms with Gasteiger partial charge in [-0.1, -0.05) is 6.42 Å². The van der Waals surface area contributed by atoms with Gasteiger partial charge < -0.3 is 4.90 Å². The van der Waals surface area contributed by atoms with E-state index in [0.717, 1.165) is 0 Å². The van der Waals surface area contributed by atoms with Crippen molar-refractivity contribution in [2.45, 2.75) is 19.3 Å². The fourth-order valence-electron chi connectivity index (χ4n) is 1.05. The second-order valence-corrected chi connectivity index (χ2v) is 2.36. The van der Waals surface area contributed by atoms with Gasteiger partial charge in [-0.2, -0.15) is 0 Å². The van der Waals surface area contributed by atoms with Gasteiger partial charge in [-0.25, -0.2) is 0 Å². The molecule has 1 nitrogen and oxygen atoms in total. The third kappa shape index (κ3) is 5.88. The molecule has 0 bridgehead atoms. The maximum atomic E-state index is 2.39. The molecule has 66 valence electrons. The first-order chi connectivity index (χ1) is 3.39. The van der Waals surface area contributed by atoms with E-state index in [4.69, 9.17) is 0 Å². The lowest BCUT2D eigenvalue weighted by molar-refractivity contribution is 0.277. The number of hydrogen-bond acceptors (Lipinski definition) is 1. The monoisotopic (exact) mass is 159 g/mol. The van der Waals surface area contributed by atoms with Crippen LogP contribution >= 0.6 is 0 Å². The van der Waals surface area contributed by atoms with E-state index in [-0.39, 0.29) is 14.1 Å². The van der Waals surface area contributed by atoms with Crippen LogP contribution in [0.5, 0.6) is 0 Å². The van der Waals surface area contributed by atoms with Gasteiger partial charge in [-0.05, 0) is 33.0 Å². The Morgan fingerprint density at radius 1 is 0.800 bits per heavy atom. The van der Waals surface area contributed by atoms with Gasteiger partial charge in [0.15, 0.2) is 0 Å². The Labute approximate surface area is 59.5 Å². The van der Waals surface area contributed by atoms with E-state index >= 15 is 0 Å². The van der Waals surface area contributed by atoms with Crippen molar-refractivity contribution in [3.63, 3.8) is 0 Å². The number of piperidine rings is 1. The standard InChI is InChI=1S/C6H13N.3FH/c1-7-5-3-2-4-6-7;;;/h2-6H2,1H3;3*1H. The number of likely N-dealkylation sites (tertiary alicyclic amines) is 1. The van der Waals surface area contributed by atoms with Crippen molar-refractivity contribution in [3.05, 3.63) is 0 Å². The molecule has 0 spiro atoms. The predicted octanol–water partition coefficient (Wildman–Crippen LogP) is 1.56. The molecule has 0 unspecified atom stereocenters. The molecule has 1 aliphatic rings. The molecule has 1 rings (SSSR count). The topological polar surface area (TPSA) is 3.24 Å². The molecule has 0 aliphatic carbocycles. The molecule has 0 aromatic heterocycles. The van der Waals surface area contributed by atoms with Gasteiger partial charge in [0.2, 0.25) is 0 Å². The Morgan fingerprint density at radius 3 is 1.40 bits per heavy atom. The van der Waals surface area contributed by atoms with Crippen molar-refractivity contribution < 1.29 is 14.1 Å². The van der Waals surface area contributed by atoms with Gasteiger partial charge in [0.25, 0.3) is 0 Å². The largest absolute Gasteiger partial charge is 0.306 e. The maximum absolute atomic E-state index is 2.39. The summed E-state index contributed by atoms with van der Waals surface area (Å²) in [5, 5.41) is 0. The number of nitrogens with zero attached hydrogens (tertiary/aromatic N) is 1. The van der Waals surface area contributed by atoms with Crippen molar-refractivity contribution in [1.29, 1.82) is 0 Å². The Morgan fingerprint density at radius 2 is 1.20 bits per heavy atom. The quantitative estimate of drug-likeness (QED) is 0.518. The second-order valence-electron chi connectivity index (χ2n) is 2.36. The lowest BCUT2D eigenvalue weighted by Crippen LogP contribution is -2.24. The van der Waals surface area contributed by atoms with Gasteiger partial charge in [0, 0.05) is 0 Å². The number of halogens is 3. The van der Waals surface area contributed by atoms with E-state index in [9.17, 15) is 0 Å². The van der Waals surface area contributed by atoms with Crippen LogP contribution in [0.1, 0.15) is 19.3 Å². The highest BCUT2D eigenvalue weighted by Gasteiger charge is 2.02. The Bertz CT molecular complexity index is 55.0. The molecule has 0 saturated carbocycles. The zero-order valence-corrected chi connectivity index (χ0v) is 6.21. The van der Waals surface area contributed by atoms with Crippen molar-refractivity contribution in [3.8, 4) is 0 Å². The normalized spacial score (nSPS) is 17.7. The lowest BCUT2D eigenvalue weighted by atomic mass is 10.1. The van der Waals surface area contributed by atoms with E-state index < -0.39 is 0 Å². The fraction of sp³-hybridized carbons (Fsp3) is 1.00. The van der Waals surface area contributed by atoms with Crippen LogP contribution in [0, 0.1) is 0 Å². The van der Waals surface area contributed by atoms with Crippen LogP contribution < -0.4 is 0 Å². The van der Waals surface area contributed by atoms with Gasteiger partial charge in [0.1, 0.15) is 0 Å². The van der Waals surface area contributed by atoms with E-state index in [1.165, 1.54) is 32.4 Å². The smallest absolute Gasteiger partial charge is 0.00218 e. The Kier molecular flexibility index (Phi) is 14.3. The molecule has 0 amide bonds. The summed E-state index contributed by atoms with van der Waals surface area (Å²) >= 11 is 0. The summed E-state index contributed by atoms with van der Waals surface area (Å²) in [7, 11) is 2.19. The minimum Gasteiger partial charge on any atom is -0.306 e. The minimum absolute atomic E-state index is 0. The van der Waals surface area contributed by atoms with Crippen molar-refractivity contribution in [2.24, 2.45) is 0 Å². The average Bonchev–Trinajstić information content (AvgIpc) is 1.69. The van der Waals surface area contributed by atoms with Gasteiger partial charge in [-0.3, -0.25) is 14.1 Å². The van der Waals surface area contributed by atoms with E-state index in [1.807, 2.05) is 0 Å². The van der Waals surface area contributed by atoms with Crippen LogP contribution in [0.4, 0.5) is 14.1 Å². The first kappa shape index (κ1) is 16.4. The van der Waals surface area contributed by atoms with Crippen LogP contribution in [0.2, 0.25) is 0 Å². The second kappa shape index (κ2) is 8.75. The van der Waals surface area contributed by atoms with Crippen LogP contribution in [0.15, 0.2) is 0 Å². The molecule has 1 aliphatic heterocycles. The van der Waals surface area contributed by atoms with E-state index in [0.29, 0.717) is 0 Å². The molecule has 0 aromatic carbocycles. The first-order valence-electron chi connectivity index (χ1n) is 3.08. The number of rotatable bonds is 0. The van der Waals surface area contributed by atoms with Gasteiger partial charge in [0.05, 0.1) is 0 Å². The first-order valence-corrected chi connectivity index (χ1v) is 3.08. The summed E-state index contributed by atoms with van der Waals surface area (Å²) in [5.74, 6) is 0. The van der Waals surface area contributed by atoms with E-state index in [2.05, 4.69) is 11.9 Å². The van der Waals surface area contributed by atoms with Gasteiger partial charge >= 0.3 is 0 Å². The van der Waals surface area contributed by atoms with Crippen molar-refractivity contribution in [2.75, 3.05) is 20.1 Å². The summed E-state index contributed by atoms with van der Waals surface area (Å²) in [6.07, 6.45) is 4.28. The van der Waals surface area contributed by atoms with Crippen LogP contribution in [-0.2, 0) is 0 Å². The highest BCUT2D eigenvalue weighted by molar-refractivity contribution is 4.58. The Hall–Kier alpha value is -0.250. The Balaban J connectivity index is -0.000000163. The van der Waals surface area contributed by atoms with Crippen LogP contribution in [-0.4, -0.2) is 25.0 Å². The van der Waals surface area contributed by atoms with Gasteiger partial charge in [-0.15, -0.1) is 0 Å². The third-order valence-corrected chi connectivity index (χ3v) is 1.58. The van der Waals surface area contributed by atoms with Crippen LogP contribution in [0.3, 0.4) is 0 Å². The highest BCUT2D eigenvalue weighted by atomic mass is 19.0. The summed E-state index contributed by atoms with van der Waals surface area (Å²) in [6.45, 7) is 2.64. The van der Waals surface area contributed by atoms with Crippen molar-refractivity contribution in [1.82, 2.24) is 4.90 Å². The van der Waals surface area contributed by atoms with Crippen LogP contribution in [0.25, 0.3) is 0 Å². The fourth-order valence-corrected chi connectivity index (χ4v) is 1.05. The number of hydrogen-bond donors (Lipinski definition) is 0.